The van der Waals surface area contributed by atoms with Gasteiger partial charge in [0.15, 0.2) is 19.7 Å². The van der Waals surface area contributed by atoms with Gasteiger partial charge in [0.1, 0.15) is 5.75 Å². The second-order valence-electron chi connectivity index (χ2n) is 6.27. The van der Waals surface area contributed by atoms with Crippen molar-refractivity contribution in [2.45, 2.75) is 22.7 Å². The molecule has 1 aliphatic rings. The predicted molar refractivity (Wildman–Crippen MR) is 99.7 cm³/mol. The SMILES string of the molecule is COc1ccccc1CNC1CS(=O)(=O)CC1S(=O)(=O)c1ccccc1. The molecule has 140 valence electrons. The van der Waals surface area contributed by atoms with E-state index in [1.54, 1.807) is 31.4 Å². The summed E-state index contributed by atoms with van der Waals surface area (Å²) < 4.78 is 55.4. The molecule has 0 amide bonds. The normalized spacial score (nSPS) is 22.2. The van der Waals surface area contributed by atoms with Crippen LogP contribution in [0.2, 0.25) is 0 Å². The van der Waals surface area contributed by atoms with E-state index in [0.29, 0.717) is 12.3 Å². The number of hydrogen-bond acceptors (Lipinski definition) is 6. The van der Waals surface area contributed by atoms with Gasteiger partial charge >= 0.3 is 0 Å². The van der Waals surface area contributed by atoms with Crippen LogP contribution in [0.3, 0.4) is 0 Å². The van der Waals surface area contributed by atoms with E-state index in [9.17, 15) is 16.8 Å². The minimum Gasteiger partial charge on any atom is -0.496 e. The summed E-state index contributed by atoms with van der Waals surface area (Å²) in [7, 11) is -5.62. The number of hydrogen-bond donors (Lipinski definition) is 1. The second kappa shape index (κ2) is 7.38. The molecule has 1 heterocycles. The zero-order valence-electron chi connectivity index (χ0n) is 14.3. The minimum absolute atomic E-state index is 0.145. The molecular weight excluding hydrogens is 374 g/mol. The lowest BCUT2D eigenvalue weighted by Crippen LogP contribution is -2.43. The molecule has 6 nitrogen and oxygen atoms in total. The molecule has 2 aromatic carbocycles. The highest BCUT2D eigenvalue weighted by atomic mass is 32.2. The molecule has 0 saturated carbocycles. The van der Waals surface area contributed by atoms with Crippen molar-refractivity contribution in [2.24, 2.45) is 0 Å². The Bertz CT molecular complexity index is 972. The van der Waals surface area contributed by atoms with Crippen molar-refractivity contribution in [3.8, 4) is 5.75 Å². The van der Waals surface area contributed by atoms with Gasteiger partial charge in [0.05, 0.1) is 28.8 Å². The fourth-order valence-corrected chi connectivity index (χ4v) is 7.92. The standard InChI is InChI=1S/C18H21NO5S2/c1-24-17-10-6-5-7-14(17)11-19-16-12-25(20,21)13-18(16)26(22,23)15-8-3-2-4-9-15/h2-10,16,18-19H,11-13H2,1H3. The predicted octanol–water partition coefficient (Wildman–Crippen LogP) is 1.42. The van der Waals surface area contributed by atoms with Gasteiger partial charge < -0.3 is 10.1 Å². The molecule has 2 atom stereocenters. The second-order valence-corrected chi connectivity index (χ2v) is 10.6. The Morgan fingerprint density at radius 1 is 1.04 bits per heavy atom. The summed E-state index contributed by atoms with van der Waals surface area (Å²) in [5, 5.41) is 2.11. The van der Waals surface area contributed by atoms with Crippen molar-refractivity contribution in [1.29, 1.82) is 0 Å². The lowest BCUT2D eigenvalue weighted by atomic mass is 10.1. The van der Waals surface area contributed by atoms with Crippen molar-refractivity contribution in [3.63, 3.8) is 0 Å². The molecule has 3 rings (SSSR count). The van der Waals surface area contributed by atoms with E-state index in [0.717, 1.165) is 5.56 Å². The number of sulfone groups is 2. The van der Waals surface area contributed by atoms with Crippen LogP contribution in [0.15, 0.2) is 59.5 Å². The van der Waals surface area contributed by atoms with Gasteiger partial charge in [-0.15, -0.1) is 0 Å². The van der Waals surface area contributed by atoms with Crippen LogP contribution in [-0.4, -0.2) is 46.7 Å². The minimum atomic E-state index is -3.75. The van der Waals surface area contributed by atoms with Crippen LogP contribution < -0.4 is 10.1 Å². The van der Waals surface area contributed by atoms with E-state index in [-0.39, 0.29) is 16.4 Å². The Morgan fingerprint density at radius 3 is 2.38 bits per heavy atom. The summed E-state index contributed by atoms with van der Waals surface area (Å²) >= 11 is 0. The Balaban J connectivity index is 1.85. The van der Waals surface area contributed by atoms with Crippen LogP contribution in [0.4, 0.5) is 0 Å². The number of nitrogens with one attached hydrogen (secondary N) is 1. The lowest BCUT2D eigenvalue weighted by molar-refractivity contribution is 0.406. The van der Waals surface area contributed by atoms with Gasteiger partial charge in [-0.1, -0.05) is 36.4 Å². The maximum Gasteiger partial charge on any atom is 0.183 e. The molecule has 1 fully saturated rings. The van der Waals surface area contributed by atoms with E-state index >= 15 is 0 Å². The van der Waals surface area contributed by atoms with Gasteiger partial charge in [-0.05, 0) is 18.2 Å². The average molecular weight is 396 g/mol. The van der Waals surface area contributed by atoms with Gasteiger partial charge in [0.2, 0.25) is 0 Å². The van der Waals surface area contributed by atoms with Crippen molar-refractivity contribution < 1.29 is 21.6 Å². The molecule has 1 aliphatic heterocycles. The third-order valence-electron chi connectivity index (χ3n) is 4.52. The third-order valence-corrected chi connectivity index (χ3v) is 8.68. The number of ether oxygens (including phenoxy) is 1. The van der Waals surface area contributed by atoms with Crippen molar-refractivity contribution >= 4 is 19.7 Å². The Kier molecular flexibility index (Phi) is 5.36. The van der Waals surface area contributed by atoms with Crippen molar-refractivity contribution in [1.82, 2.24) is 5.32 Å². The average Bonchev–Trinajstić information content (AvgIpc) is 2.96. The van der Waals surface area contributed by atoms with Crippen LogP contribution in [0.1, 0.15) is 5.56 Å². The molecule has 2 unspecified atom stereocenters. The van der Waals surface area contributed by atoms with Crippen LogP contribution >= 0.6 is 0 Å². The molecule has 1 N–H and O–H groups in total. The largest absolute Gasteiger partial charge is 0.496 e. The quantitative estimate of drug-likeness (QED) is 0.796. The zero-order chi connectivity index (χ0) is 18.8. The van der Waals surface area contributed by atoms with E-state index in [4.69, 9.17) is 4.74 Å². The summed E-state index contributed by atoms with van der Waals surface area (Å²) in [6.45, 7) is 0.324. The molecule has 1 saturated heterocycles. The number of methoxy groups -OCH3 is 1. The summed E-state index contributed by atoms with van der Waals surface area (Å²) in [6, 6.07) is 14.7. The summed E-state index contributed by atoms with van der Waals surface area (Å²) in [4.78, 5) is 0.145. The van der Waals surface area contributed by atoms with Gasteiger partial charge in [0.25, 0.3) is 0 Å². The monoisotopic (exact) mass is 395 g/mol. The molecule has 0 aliphatic carbocycles. The van der Waals surface area contributed by atoms with Crippen LogP contribution in [0.25, 0.3) is 0 Å². The fraction of sp³-hybridized carbons (Fsp3) is 0.333. The Hall–Kier alpha value is -1.90. The summed E-state index contributed by atoms with van der Waals surface area (Å²) in [5.41, 5.74) is 0.843. The summed E-state index contributed by atoms with van der Waals surface area (Å²) in [6.07, 6.45) is 0. The Labute approximate surface area is 154 Å². The van der Waals surface area contributed by atoms with Crippen molar-refractivity contribution in [2.75, 3.05) is 18.6 Å². The number of para-hydroxylation sites is 1. The highest BCUT2D eigenvalue weighted by molar-refractivity contribution is 7.96. The molecule has 0 spiro atoms. The van der Waals surface area contributed by atoms with Gasteiger partial charge in [-0.3, -0.25) is 0 Å². The first kappa shape index (κ1) is 18.9. The maximum absolute atomic E-state index is 12.9. The molecule has 2 aromatic rings. The van der Waals surface area contributed by atoms with Gasteiger partial charge in [-0.2, -0.15) is 0 Å². The first-order chi connectivity index (χ1) is 12.3. The van der Waals surface area contributed by atoms with E-state index in [1.807, 2.05) is 18.2 Å². The number of rotatable bonds is 6. The van der Waals surface area contributed by atoms with Crippen LogP contribution in [-0.2, 0) is 26.2 Å². The van der Waals surface area contributed by atoms with E-state index in [1.165, 1.54) is 12.1 Å². The topological polar surface area (TPSA) is 89.5 Å². The highest BCUT2D eigenvalue weighted by Crippen LogP contribution is 2.26. The van der Waals surface area contributed by atoms with E-state index in [2.05, 4.69) is 5.32 Å². The molecule has 0 aromatic heterocycles. The first-order valence-electron chi connectivity index (χ1n) is 8.18. The third kappa shape index (κ3) is 3.92. The zero-order valence-corrected chi connectivity index (χ0v) is 16.0. The van der Waals surface area contributed by atoms with Crippen molar-refractivity contribution in [3.05, 3.63) is 60.2 Å². The van der Waals surface area contributed by atoms with E-state index < -0.39 is 31.0 Å². The van der Waals surface area contributed by atoms with Gasteiger partial charge in [0, 0.05) is 18.2 Å². The molecule has 8 heteroatoms. The molecular formula is C18H21NO5S2. The smallest absolute Gasteiger partial charge is 0.183 e. The van der Waals surface area contributed by atoms with Gasteiger partial charge in [-0.25, -0.2) is 16.8 Å². The fourth-order valence-electron chi connectivity index (χ4n) is 3.19. The Morgan fingerprint density at radius 2 is 1.69 bits per heavy atom. The molecule has 0 radical (unpaired) electrons. The van der Waals surface area contributed by atoms with Crippen LogP contribution in [0.5, 0.6) is 5.75 Å². The number of benzene rings is 2. The maximum atomic E-state index is 12.9. The highest BCUT2D eigenvalue weighted by Gasteiger charge is 2.45. The molecule has 0 bridgehead atoms. The van der Waals surface area contributed by atoms with Crippen LogP contribution in [0, 0.1) is 0 Å². The first-order valence-corrected chi connectivity index (χ1v) is 11.5. The molecule has 26 heavy (non-hydrogen) atoms. The summed E-state index contributed by atoms with van der Waals surface area (Å²) in [5.74, 6) is 0.107. The lowest BCUT2D eigenvalue weighted by Gasteiger charge is -2.20.